The van der Waals surface area contributed by atoms with E-state index in [9.17, 15) is 4.79 Å². The van der Waals surface area contributed by atoms with Crippen molar-refractivity contribution >= 4 is 10.9 Å². The van der Waals surface area contributed by atoms with Gasteiger partial charge in [0, 0.05) is 35.1 Å². The minimum Gasteiger partial charge on any atom is -0.358 e. The molecule has 0 aliphatic carbocycles. The van der Waals surface area contributed by atoms with E-state index in [1.165, 1.54) is 27.7 Å². The largest absolute Gasteiger partial charge is 0.358 e. The first-order chi connectivity index (χ1) is 12.5. The summed E-state index contributed by atoms with van der Waals surface area (Å²) in [4.78, 5) is 25.1. The molecule has 4 rings (SSSR count). The lowest BCUT2D eigenvalue weighted by atomic mass is 9.93. The number of aromatic amines is 2. The highest BCUT2D eigenvalue weighted by atomic mass is 16.1. The molecule has 0 spiro atoms. The Balaban J connectivity index is 1.48. The van der Waals surface area contributed by atoms with Crippen molar-refractivity contribution in [3.05, 3.63) is 63.0 Å². The van der Waals surface area contributed by atoms with Crippen LogP contribution in [0.15, 0.2) is 29.1 Å². The summed E-state index contributed by atoms with van der Waals surface area (Å²) in [5, 5.41) is 1.34. The number of hydrogen-bond acceptors (Lipinski definition) is 3. The van der Waals surface area contributed by atoms with Gasteiger partial charge in [-0.25, -0.2) is 4.98 Å². The Hall–Kier alpha value is -2.40. The number of H-pyrrole nitrogens is 2. The van der Waals surface area contributed by atoms with Crippen LogP contribution in [0.25, 0.3) is 10.9 Å². The Bertz CT molecular complexity index is 993. The normalized spacial score (nSPS) is 16.4. The number of piperidine rings is 1. The molecule has 3 heterocycles. The number of fused-ring (bicyclic) bond motifs is 1. The van der Waals surface area contributed by atoms with Gasteiger partial charge in [0.25, 0.3) is 5.56 Å². The maximum atomic E-state index is 11.7. The standard InChI is InChI=1S/C21H26N4O/c1-13-5-4-6-17-18(14(2)22-21(13)17)12-25-9-7-16(8-10-25)19-11-20(26)24-15(3)23-19/h4-6,11,16,22H,7-10,12H2,1-3H3,(H,23,24,26). The summed E-state index contributed by atoms with van der Waals surface area (Å²) in [6.45, 7) is 9.23. The van der Waals surface area contributed by atoms with Crippen molar-refractivity contribution in [3.63, 3.8) is 0 Å². The summed E-state index contributed by atoms with van der Waals surface area (Å²) < 4.78 is 0. The lowest BCUT2D eigenvalue weighted by Gasteiger charge is -2.31. The second kappa shape index (κ2) is 6.72. The summed E-state index contributed by atoms with van der Waals surface area (Å²) in [6, 6.07) is 8.18. The molecule has 2 N–H and O–H groups in total. The Labute approximate surface area is 153 Å². The fraction of sp³-hybridized carbons (Fsp3) is 0.429. The van der Waals surface area contributed by atoms with Crippen molar-refractivity contribution in [2.24, 2.45) is 0 Å². The zero-order chi connectivity index (χ0) is 18.3. The van der Waals surface area contributed by atoms with E-state index < -0.39 is 0 Å². The van der Waals surface area contributed by atoms with Crippen LogP contribution in [0, 0.1) is 20.8 Å². The van der Waals surface area contributed by atoms with E-state index in [2.05, 4.69) is 51.9 Å². The molecule has 0 atom stereocenters. The van der Waals surface area contributed by atoms with Crippen LogP contribution in [0.2, 0.25) is 0 Å². The van der Waals surface area contributed by atoms with Gasteiger partial charge < -0.3 is 9.97 Å². The van der Waals surface area contributed by atoms with E-state index in [4.69, 9.17) is 0 Å². The Morgan fingerprint density at radius 2 is 1.92 bits per heavy atom. The number of para-hydroxylation sites is 1. The molecular formula is C21H26N4O. The minimum absolute atomic E-state index is 0.0419. The molecule has 5 heteroatoms. The first kappa shape index (κ1) is 17.0. The molecule has 26 heavy (non-hydrogen) atoms. The first-order valence-corrected chi connectivity index (χ1v) is 9.38. The molecular weight excluding hydrogens is 324 g/mol. The second-order valence-electron chi connectivity index (χ2n) is 7.53. The Morgan fingerprint density at radius 3 is 2.65 bits per heavy atom. The number of benzene rings is 1. The lowest BCUT2D eigenvalue weighted by Crippen LogP contribution is -2.33. The van der Waals surface area contributed by atoms with Gasteiger partial charge in [-0.3, -0.25) is 9.69 Å². The molecule has 0 amide bonds. The molecule has 0 saturated carbocycles. The van der Waals surface area contributed by atoms with Crippen LogP contribution in [0.1, 0.15) is 47.1 Å². The van der Waals surface area contributed by atoms with E-state index in [-0.39, 0.29) is 5.56 Å². The third kappa shape index (κ3) is 3.19. The molecule has 0 unspecified atom stereocenters. The van der Waals surface area contributed by atoms with Crippen LogP contribution < -0.4 is 5.56 Å². The van der Waals surface area contributed by atoms with Crippen LogP contribution in [0.5, 0.6) is 0 Å². The number of aryl methyl sites for hydroxylation is 3. The van der Waals surface area contributed by atoms with Crippen molar-refractivity contribution < 1.29 is 0 Å². The smallest absolute Gasteiger partial charge is 0.251 e. The molecule has 1 aliphatic rings. The Kier molecular flexibility index (Phi) is 4.41. The molecule has 136 valence electrons. The maximum Gasteiger partial charge on any atom is 0.251 e. The molecule has 5 nitrogen and oxygen atoms in total. The third-order valence-electron chi connectivity index (χ3n) is 5.63. The zero-order valence-corrected chi connectivity index (χ0v) is 15.7. The molecule has 1 saturated heterocycles. The van der Waals surface area contributed by atoms with Crippen molar-refractivity contribution in [1.29, 1.82) is 0 Å². The van der Waals surface area contributed by atoms with Crippen molar-refractivity contribution in [3.8, 4) is 0 Å². The van der Waals surface area contributed by atoms with Crippen LogP contribution >= 0.6 is 0 Å². The van der Waals surface area contributed by atoms with Crippen LogP contribution in [-0.4, -0.2) is 32.9 Å². The summed E-state index contributed by atoms with van der Waals surface area (Å²) >= 11 is 0. The monoisotopic (exact) mass is 350 g/mol. The van der Waals surface area contributed by atoms with Crippen LogP contribution in [-0.2, 0) is 6.54 Å². The lowest BCUT2D eigenvalue weighted by molar-refractivity contribution is 0.203. The van der Waals surface area contributed by atoms with Crippen molar-refractivity contribution in [1.82, 2.24) is 19.9 Å². The molecule has 2 aromatic heterocycles. The molecule has 3 aromatic rings. The highest BCUT2D eigenvalue weighted by molar-refractivity contribution is 5.87. The summed E-state index contributed by atoms with van der Waals surface area (Å²) in [5.74, 6) is 1.10. The van der Waals surface area contributed by atoms with Gasteiger partial charge in [-0.05, 0) is 57.8 Å². The molecule has 0 radical (unpaired) electrons. The van der Waals surface area contributed by atoms with Crippen LogP contribution in [0.4, 0.5) is 0 Å². The van der Waals surface area contributed by atoms with Gasteiger partial charge in [0.1, 0.15) is 5.82 Å². The van der Waals surface area contributed by atoms with Crippen molar-refractivity contribution in [2.75, 3.05) is 13.1 Å². The SMILES string of the molecule is Cc1nc(C2CCN(Cc3c(C)[nH]c4c(C)cccc34)CC2)cc(=O)[nH]1. The van der Waals surface area contributed by atoms with E-state index in [0.29, 0.717) is 11.7 Å². The van der Waals surface area contributed by atoms with E-state index in [1.54, 1.807) is 6.07 Å². The van der Waals surface area contributed by atoms with Gasteiger partial charge in [0.2, 0.25) is 0 Å². The number of rotatable bonds is 3. The summed E-state index contributed by atoms with van der Waals surface area (Å²) in [5.41, 5.74) is 6.14. The van der Waals surface area contributed by atoms with Crippen molar-refractivity contribution in [2.45, 2.75) is 46.1 Å². The topological polar surface area (TPSA) is 64.8 Å². The average Bonchev–Trinajstić information content (AvgIpc) is 2.92. The second-order valence-corrected chi connectivity index (χ2v) is 7.53. The van der Waals surface area contributed by atoms with Gasteiger partial charge in [-0.2, -0.15) is 0 Å². The first-order valence-electron chi connectivity index (χ1n) is 9.38. The van der Waals surface area contributed by atoms with Gasteiger partial charge in [0.15, 0.2) is 0 Å². The van der Waals surface area contributed by atoms with Gasteiger partial charge in [-0.1, -0.05) is 18.2 Å². The van der Waals surface area contributed by atoms with E-state index in [0.717, 1.165) is 38.2 Å². The number of nitrogens with one attached hydrogen (secondary N) is 2. The van der Waals surface area contributed by atoms with E-state index >= 15 is 0 Å². The quantitative estimate of drug-likeness (QED) is 0.759. The van der Waals surface area contributed by atoms with Gasteiger partial charge in [0.05, 0.1) is 5.69 Å². The molecule has 0 bridgehead atoms. The van der Waals surface area contributed by atoms with E-state index in [1.807, 2.05) is 6.92 Å². The van der Waals surface area contributed by atoms with Gasteiger partial charge in [-0.15, -0.1) is 0 Å². The zero-order valence-electron chi connectivity index (χ0n) is 15.7. The molecule has 1 aromatic carbocycles. The minimum atomic E-state index is -0.0419. The fourth-order valence-electron chi connectivity index (χ4n) is 4.18. The molecule has 1 aliphatic heterocycles. The Morgan fingerprint density at radius 1 is 1.15 bits per heavy atom. The maximum absolute atomic E-state index is 11.7. The number of nitrogens with zero attached hydrogens (tertiary/aromatic N) is 2. The third-order valence-corrected chi connectivity index (χ3v) is 5.63. The average molecular weight is 350 g/mol. The predicted molar refractivity (Wildman–Crippen MR) is 105 cm³/mol. The summed E-state index contributed by atoms with van der Waals surface area (Å²) in [7, 11) is 0. The fourth-order valence-corrected chi connectivity index (χ4v) is 4.18. The van der Waals surface area contributed by atoms with Gasteiger partial charge >= 0.3 is 0 Å². The number of aromatic nitrogens is 3. The molecule has 1 fully saturated rings. The number of hydrogen-bond donors (Lipinski definition) is 2. The summed E-state index contributed by atoms with van der Waals surface area (Å²) in [6.07, 6.45) is 2.10. The number of likely N-dealkylation sites (tertiary alicyclic amines) is 1. The predicted octanol–water partition coefficient (Wildman–Crippen LogP) is 3.56. The highest BCUT2D eigenvalue weighted by Gasteiger charge is 2.23. The highest BCUT2D eigenvalue weighted by Crippen LogP contribution is 2.30. The van der Waals surface area contributed by atoms with Crippen LogP contribution in [0.3, 0.4) is 0 Å².